The number of esters is 2. The summed E-state index contributed by atoms with van der Waals surface area (Å²) < 4.78 is 10.8. The summed E-state index contributed by atoms with van der Waals surface area (Å²) in [6, 6.07) is 8.21. The van der Waals surface area contributed by atoms with E-state index in [-0.39, 0.29) is 12.0 Å². The quantitative estimate of drug-likeness (QED) is 0.560. The zero-order chi connectivity index (χ0) is 23.4. The van der Waals surface area contributed by atoms with Crippen LogP contribution in [0.2, 0.25) is 0 Å². The van der Waals surface area contributed by atoms with E-state index in [0.717, 1.165) is 5.69 Å². The third-order valence-corrected chi connectivity index (χ3v) is 4.84. The molecule has 0 spiro atoms. The van der Waals surface area contributed by atoms with Gasteiger partial charge in [0, 0.05) is 11.4 Å². The second-order valence-electron chi connectivity index (χ2n) is 9.59. The number of aromatic amines is 1. The molecule has 0 radical (unpaired) electrons. The van der Waals surface area contributed by atoms with Crippen LogP contribution in [-0.4, -0.2) is 29.1 Å². The van der Waals surface area contributed by atoms with Gasteiger partial charge in [0.25, 0.3) is 0 Å². The van der Waals surface area contributed by atoms with Gasteiger partial charge in [-0.15, -0.1) is 0 Å². The molecule has 0 amide bonds. The molecule has 0 bridgehead atoms. The summed E-state index contributed by atoms with van der Waals surface area (Å²) >= 11 is 0. The van der Waals surface area contributed by atoms with Crippen LogP contribution in [0.25, 0.3) is 0 Å². The fourth-order valence-electron chi connectivity index (χ4n) is 3.31. The molecular formula is C25H36N2O4. The second-order valence-corrected chi connectivity index (χ2v) is 9.59. The van der Waals surface area contributed by atoms with E-state index in [1.54, 1.807) is 6.92 Å². The van der Waals surface area contributed by atoms with Crippen molar-refractivity contribution in [3.63, 3.8) is 0 Å². The monoisotopic (exact) mass is 428 g/mol. The molecular weight excluding hydrogens is 392 g/mol. The van der Waals surface area contributed by atoms with Crippen molar-refractivity contribution in [3.8, 4) is 0 Å². The van der Waals surface area contributed by atoms with Crippen molar-refractivity contribution in [2.45, 2.75) is 79.4 Å². The molecule has 0 atom stereocenters. The number of hydrogen-bond donors (Lipinski definition) is 2. The summed E-state index contributed by atoms with van der Waals surface area (Å²) in [5.41, 5.74) is 3.55. The van der Waals surface area contributed by atoms with E-state index < -0.39 is 17.5 Å². The SMILES string of the molecule is CCOC(=O)c1c(CNc2ccc(C(C)(C)C)cc2)[nH]c(C(=O)OC(C)(C)C)c1CC. The Morgan fingerprint density at radius 2 is 1.58 bits per heavy atom. The minimum atomic E-state index is -0.634. The first-order valence-corrected chi connectivity index (χ1v) is 10.9. The Morgan fingerprint density at radius 3 is 2.06 bits per heavy atom. The van der Waals surface area contributed by atoms with Gasteiger partial charge in [-0.2, -0.15) is 0 Å². The summed E-state index contributed by atoms with van der Waals surface area (Å²) in [4.78, 5) is 28.6. The Bertz CT molecular complexity index is 913. The van der Waals surface area contributed by atoms with Gasteiger partial charge >= 0.3 is 11.9 Å². The summed E-state index contributed by atoms with van der Waals surface area (Å²) in [6.07, 6.45) is 0.500. The molecule has 0 aliphatic carbocycles. The highest BCUT2D eigenvalue weighted by Gasteiger charge is 2.29. The summed E-state index contributed by atoms with van der Waals surface area (Å²) in [5, 5.41) is 3.34. The third-order valence-electron chi connectivity index (χ3n) is 4.84. The first-order chi connectivity index (χ1) is 14.4. The first kappa shape index (κ1) is 24.5. The highest BCUT2D eigenvalue weighted by Crippen LogP contribution is 2.26. The summed E-state index contributed by atoms with van der Waals surface area (Å²) in [5.74, 6) is -0.916. The van der Waals surface area contributed by atoms with E-state index >= 15 is 0 Å². The molecule has 1 heterocycles. The normalized spacial score (nSPS) is 11.9. The molecule has 6 nitrogen and oxygen atoms in total. The summed E-state index contributed by atoms with van der Waals surface area (Å²) in [6.45, 7) is 16.2. The molecule has 2 N–H and O–H groups in total. The van der Waals surface area contributed by atoms with Gasteiger partial charge in [0.05, 0.1) is 18.7 Å². The van der Waals surface area contributed by atoms with Gasteiger partial charge in [-0.05, 0) is 62.8 Å². The molecule has 2 aromatic rings. The highest BCUT2D eigenvalue weighted by atomic mass is 16.6. The molecule has 0 unspecified atom stereocenters. The molecule has 1 aromatic heterocycles. The molecule has 0 saturated heterocycles. The molecule has 0 saturated carbocycles. The molecule has 0 aliphatic heterocycles. The number of nitrogens with one attached hydrogen (secondary N) is 2. The van der Waals surface area contributed by atoms with Gasteiger partial charge in [-0.25, -0.2) is 9.59 Å². The first-order valence-electron chi connectivity index (χ1n) is 10.9. The largest absolute Gasteiger partial charge is 0.462 e. The van der Waals surface area contributed by atoms with Crippen LogP contribution >= 0.6 is 0 Å². The maximum absolute atomic E-state index is 12.8. The van der Waals surface area contributed by atoms with E-state index in [9.17, 15) is 9.59 Å². The maximum atomic E-state index is 12.8. The van der Waals surface area contributed by atoms with Crippen molar-refractivity contribution in [2.75, 3.05) is 11.9 Å². The van der Waals surface area contributed by atoms with Crippen LogP contribution in [0.15, 0.2) is 24.3 Å². The molecule has 31 heavy (non-hydrogen) atoms. The Balaban J connectivity index is 2.36. The number of anilines is 1. The summed E-state index contributed by atoms with van der Waals surface area (Å²) in [7, 11) is 0. The van der Waals surface area contributed by atoms with Crippen LogP contribution in [0.3, 0.4) is 0 Å². The lowest BCUT2D eigenvalue weighted by Crippen LogP contribution is -2.24. The van der Waals surface area contributed by atoms with E-state index in [2.05, 4.69) is 43.2 Å². The number of ether oxygens (including phenoxy) is 2. The minimum Gasteiger partial charge on any atom is -0.462 e. The standard InChI is InChI=1S/C25H36N2O4/c1-9-18-20(22(28)30-10-2)19(27-21(18)23(29)31-25(6,7)8)15-26-17-13-11-16(12-14-17)24(3,4)5/h11-14,26-27H,9-10,15H2,1-8H3. The van der Waals surface area contributed by atoms with Crippen molar-refractivity contribution in [3.05, 3.63) is 52.3 Å². The Morgan fingerprint density at radius 1 is 0.968 bits per heavy atom. The predicted octanol–water partition coefficient (Wildman–Crippen LogP) is 5.62. The van der Waals surface area contributed by atoms with Crippen LogP contribution in [0.1, 0.15) is 93.1 Å². The number of aromatic nitrogens is 1. The third kappa shape index (κ3) is 6.36. The lowest BCUT2D eigenvalue weighted by molar-refractivity contribution is 0.00622. The second kappa shape index (κ2) is 9.58. The van der Waals surface area contributed by atoms with Crippen molar-refractivity contribution in [2.24, 2.45) is 0 Å². The predicted molar refractivity (Wildman–Crippen MR) is 124 cm³/mol. The van der Waals surface area contributed by atoms with Gasteiger partial charge in [0.15, 0.2) is 0 Å². The molecule has 6 heteroatoms. The van der Waals surface area contributed by atoms with Crippen molar-refractivity contribution >= 4 is 17.6 Å². The highest BCUT2D eigenvalue weighted by molar-refractivity contribution is 5.99. The fourth-order valence-corrected chi connectivity index (χ4v) is 3.31. The number of benzene rings is 1. The topological polar surface area (TPSA) is 80.4 Å². The average Bonchev–Trinajstić information content (AvgIpc) is 3.03. The molecule has 170 valence electrons. The molecule has 0 fully saturated rings. The van der Waals surface area contributed by atoms with Gasteiger partial charge in [-0.1, -0.05) is 39.8 Å². The lowest BCUT2D eigenvalue weighted by Gasteiger charge is -2.19. The fraction of sp³-hybridized carbons (Fsp3) is 0.520. The van der Waals surface area contributed by atoms with Gasteiger partial charge in [0.2, 0.25) is 0 Å². The molecule has 0 aliphatic rings. The number of H-pyrrole nitrogens is 1. The van der Waals surface area contributed by atoms with Crippen molar-refractivity contribution in [1.29, 1.82) is 0 Å². The average molecular weight is 429 g/mol. The number of carbonyl (C=O) groups excluding carboxylic acids is 2. The number of hydrogen-bond acceptors (Lipinski definition) is 5. The Kier molecular flexibility index (Phi) is 7.58. The van der Waals surface area contributed by atoms with Crippen LogP contribution in [-0.2, 0) is 27.9 Å². The van der Waals surface area contributed by atoms with E-state index in [1.807, 2.05) is 39.8 Å². The zero-order valence-electron chi connectivity index (χ0n) is 20.1. The zero-order valence-corrected chi connectivity index (χ0v) is 20.1. The van der Waals surface area contributed by atoms with Crippen LogP contribution in [0.4, 0.5) is 5.69 Å². The minimum absolute atomic E-state index is 0.0768. The smallest absolute Gasteiger partial charge is 0.355 e. The van der Waals surface area contributed by atoms with Crippen molar-refractivity contribution in [1.82, 2.24) is 4.98 Å². The van der Waals surface area contributed by atoms with Crippen LogP contribution in [0.5, 0.6) is 0 Å². The lowest BCUT2D eigenvalue weighted by atomic mass is 9.87. The van der Waals surface area contributed by atoms with E-state index in [1.165, 1.54) is 5.56 Å². The molecule has 1 aromatic carbocycles. The van der Waals surface area contributed by atoms with Crippen LogP contribution < -0.4 is 5.32 Å². The van der Waals surface area contributed by atoms with E-state index in [4.69, 9.17) is 9.47 Å². The van der Waals surface area contributed by atoms with Crippen molar-refractivity contribution < 1.29 is 19.1 Å². The molecule has 2 rings (SSSR count). The van der Waals surface area contributed by atoms with Gasteiger partial charge in [-0.3, -0.25) is 0 Å². The van der Waals surface area contributed by atoms with Gasteiger partial charge < -0.3 is 19.8 Å². The van der Waals surface area contributed by atoms with Crippen LogP contribution in [0, 0.1) is 0 Å². The Hall–Kier alpha value is -2.76. The number of carbonyl (C=O) groups is 2. The van der Waals surface area contributed by atoms with Gasteiger partial charge in [0.1, 0.15) is 11.3 Å². The number of rotatable bonds is 7. The van der Waals surface area contributed by atoms with E-state index in [0.29, 0.717) is 35.5 Å². The maximum Gasteiger partial charge on any atom is 0.355 e. The Labute approximate surface area is 185 Å².